The number of amides is 1. The van der Waals surface area contributed by atoms with Gasteiger partial charge in [0.25, 0.3) is 5.91 Å². The van der Waals surface area contributed by atoms with Gasteiger partial charge in [0, 0.05) is 29.7 Å². The molecule has 0 saturated carbocycles. The Morgan fingerprint density at radius 2 is 2.19 bits per heavy atom. The second kappa shape index (κ2) is 7.81. The average Bonchev–Trinajstić information content (AvgIpc) is 2.46. The molecule has 1 atom stereocenters. The quantitative estimate of drug-likeness (QED) is 0.900. The summed E-state index contributed by atoms with van der Waals surface area (Å²) in [6.07, 6.45) is 4.62. The molecule has 0 aromatic heterocycles. The molecule has 0 spiro atoms. The first-order chi connectivity index (χ1) is 10.1. The van der Waals surface area contributed by atoms with Crippen LogP contribution in [0.2, 0.25) is 5.02 Å². The number of halogens is 1. The molecule has 2 rings (SSSR count). The van der Waals surface area contributed by atoms with E-state index in [1.54, 1.807) is 6.07 Å². The highest BCUT2D eigenvalue weighted by atomic mass is 35.5. The van der Waals surface area contributed by atoms with Crippen LogP contribution in [0.5, 0.6) is 0 Å². The van der Waals surface area contributed by atoms with Crippen LogP contribution in [0, 0.1) is 6.92 Å². The van der Waals surface area contributed by atoms with E-state index in [9.17, 15) is 4.79 Å². The standard InChI is InChI=1S/C17H25ClN2O/c1-3-8-20(12-16-6-4-5-7-19-16)17(21)14-9-13(2)10-15(18)11-14/h9-11,16,19H,3-8,12H2,1-2H3. The number of aryl methyl sites for hydroxylation is 1. The summed E-state index contributed by atoms with van der Waals surface area (Å²) in [5, 5.41) is 4.15. The van der Waals surface area contributed by atoms with Gasteiger partial charge in [-0.15, -0.1) is 0 Å². The van der Waals surface area contributed by atoms with Gasteiger partial charge in [0.15, 0.2) is 0 Å². The number of benzene rings is 1. The summed E-state index contributed by atoms with van der Waals surface area (Å²) in [7, 11) is 0. The number of nitrogens with zero attached hydrogens (tertiary/aromatic N) is 1. The van der Waals surface area contributed by atoms with Gasteiger partial charge in [0.2, 0.25) is 0 Å². The highest BCUT2D eigenvalue weighted by Crippen LogP contribution is 2.17. The van der Waals surface area contributed by atoms with Crippen LogP contribution in [0.3, 0.4) is 0 Å². The monoisotopic (exact) mass is 308 g/mol. The van der Waals surface area contributed by atoms with Crippen molar-refractivity contribution < 1.29 is 4.79 Å². The molecule has 1 aliphatic heterocycles. The van der Waals surface area contributed by atoms with Gasteiger partial charge >= 0.3 is 0 Å². The molecule has 116 valence electrons. The summed E-state index contributed by atoms with van der Waals surface area (Å²) in [6.45, 7) is 6.73. The van der Waals surface area contributed by atoms with Gasteiger partial charge in [-0.25, -0.2) is 0 Å². The molecular formula is C17H25ClN2O. The van der Waals surface area contributed by atoms with Crippen molar-refractivity contribution in [2.45, 2.75) is 45.6 Å². The van der Waals surface area contributed by atoms with E-state index in [0.29, 0.717) is 16.6 Å². The lowest BCUT2D eigenvalue weighted by molar-refractivity contribution is 0.0731. The number of piperidine rings is 1. The zero-order chi connectivity index (χ0) is 15.2. The van der Waals surface area contributed by atoms with Crippen LogP contribution in [0.4, 0.5) is 0 Å². The van der Waals surface area contributed by atoms with Crippen molar-refractivity contribution in [1.29, 1.82) is 0 Å². The third kappa shape index (κ3) is 4.72. The van der Waals surface area contributed by atoms with E-state index in [2.05, 4.69) is 12.2 Å². The fourth-order valence-electron chi connectivity index (χ4n) is 2.93. The first-order valence-electron chi connectivity index (χ1n) is 7.90. The number of carbonyl (C=O) groups excluding carboxylic acids is 1. The molecule has 21 heavy (non-hydrogen) atoms. The number of hydrogen-bond donors (Lipinski definition) is 1. The fourth-order valence-corrected chi connectivity index (χ4v) is 3.22. The topological polar surface area (TPSA) is 32.3 Å². The van der Waals surface area contributed by atoms with E-state index < -0.39 is 0 Å². The second-order valence-corrected chi connectivity index (χ2v) is 6.35. The minimum absolute atomic E-state index is 0.0924. The second-order valence-electron chi connectivity index (χ2n) is 5.92. The Morgan fingerprint density at radius 3 is 2.81 bits per heavy atom. The molecule has 4 heteroatoms. The minimum atomic E-state index is 0.0924. The van der Waals surface area contributed by atoms with E-state index in [1.165, 1.54) is 12.8 Å². The molecule has 0 bridgehead atoms. The smallest absolute Gasteiger partial charge is 0.253 e. The van der Waals surface area contributed by atoms with Crippen molar-refractivity contribution in [3.8, 4) is 0 Å². The van der Waals surface area contributed by atoms with Crippen LogP contribution in [0.25, 0.3) is 0 Å². The summed E-state index contributed by atoms with van der Waals surface area (Å²) in [5.74, 6) is 0.0924. The highest BCUT2D eigenvalue weighted by Gasteiger charge is 2.21. The van der Waals surface area contributed by atoms with Crippen LogP contribution in [0.1, 0.15) is 48.5 Å². The first kappa shape index (κ1) is 16.3. The molecule has 1 fully saturated rings. The van der Waals surface area contributed by atoms with Gasteiger partial charge in [-0.3, -0.25) is 4.79 Å². The largest absolute Gasteiger partial charge is 0.337 e. The van der Waals surface area contributed by atoms with E-state index in [0.717, 1.165) is 38.0 Å². The molecule has 1 heterocycles. The summed E-state index contributed by atoms with van der Waals surface area (Å²) in [6, 6.07) is 6.00. The van der Waals surface area contributed by atoms with Crippen LogP contribution < -0.4 is 5.32 Å². The molecule has 1 saturated heterocycles. The van der Waals surface area contributed by atoms with E-state index in [4.69, 9.17) is 11.6 Å². The zero-order valence-corrected chi connectivity index (χ0v) is 13.7. The minimum Gasteiger partial charge on any atom is -0.337 e. The first-order valence-corrected chi connectivity index (χ1v) is 8.28. The van der Waals surface area contributed by atoms with E-state index in [1.807, 2.05) is 24.0 Å². The molecular weight excluding hydrogens is 284 g/mol. The van der Waals surface area contributed by atoms with Crippen molar-refractivity contribution in [1.82, 2.24) is 10.2 Å². The third-order valence-electron chi connectivity index (χ3n) is 3.92. The van der Waals surface area contributed by atoms with Crippen molar-refractivity contribution in [3.05, 3.63) is 34.3 Å². The Balaban J connectivity index is 2.10. The zero-order valence-electron chi connectivity index (χ0n) is 13.0. The van der Waals surface area contributed by atoms with Gasteiger partial charge in [0.1, 0.15) is 0 Å². The Labute approximate surface area is 132 Å². The van der Waals surface area contributed by atoms with Gasteiger partial charge in [-0.05, 0) is 56.5 Å². The predicted molar refractivity (Wildman–Crippen MR) is 88.0 cm³/mol. The third-order valence-corrected chi connectivity index (χ3v) is 4.14. The molecule has 1 unspecified atom stereocenters. The lowest BCUT2D eigenvalue weighted by atomic mass is 10.0. The maximum atomic E-state index is 12.8. The Morgan fingerprint density at radius 1 is 1.38 bits per heavy atom. The SMILES string of the molecule is CCCN(CC1CCCCN1)C(=O)c1cc(C)cc(Cl)c1. The lowest BCUT2D eigenvalue weighted by Gasteiger charge is -2.30. The predicted octanol–water partition coefficient (Wildman–Crippen LogP) is 3.64. The van der Waals surface area contributed by atoms with Gasteiger partial charge in [-0.2, -0.15) is 0 Å². The Hall–Kier alpha value is -1.06. The molecule has 3 nitrogen and oxygen atoms in total. The fraction of sp³-hybridized carbons (Fsp3) is 0.588. The number of rotatable bonds is 5. The van der Waals surface area contributed by atoms with Gasteiger partial charge < -0.3 is 10.2 Å². The average molecular weight is 309 g/mol. The van der Waals surface area contributed by atoms with Crippen LogP contribution in [0.15, 0.2) is 18.2 Å². The maximum absolute atomic E-state index is 12.8. The molecule has 1 amide bonds. The van der Waals surface area contributed by atoms with Crippen molar-refractivity contribution >= 4 is 17.5 Å². The van der Waals surface area contributed by atoms with Crippen LogP contribution in [-0.4, -0.2) is 36.5 Å². The maximum Gasteiger partial charge on any atom is 0.253 e. The summed E-state index contributed by atoms with van der Waals surface area (Å²) in [4.78, 5) is 14.7. The Bertz CT molecular complexity index is 463. The van der Waals surface area contributed by atoms with Gasteiger partial charge in [-0.1, -0.05) is 24.9 Å². The molecule has 0 radical (unpaired) electrons. The van der Waals surface area contributed by atoms with Crippen molar-refractivity contribution in [3.63, 3.8) is 0 Å². The van der Waals surface area contributed by atoms with Crippen molar-refractivity contribution in [2.75, 3.05) is 19.6 Å². The summed E-state index contributed by atoms with van der Waals surface area (Å²) < 4.78 is 0. The molecule has 1 aliphatic rings. The van der Waals surface area contributed by atoms with Crippen LogP contribution in [-0.2, 0) is 0 Å². The molecule has 0 aliphatic carbocycles. The van der Waals surface area contributed by atoms with E-state index in [-0.39, 0.29) is 5.91 Å². The van der Waals surface area contributed by atoms with Crippen LogP contribution >= 0.6 is 11.6 Å². The molecule has 1 N–H and O–H groups in total. The number of carbonyl (C=O) groups is 1. The molecule has 1 aromatic carbocycles. The Kier molecular flexibility index (Phi) is 6.07. The number of nitrogens with one attached hydrogen (secondary N) is 1. The summed E-state index contributed by atoms with van der Waals surface area (Å²) in [5.41, 5.74) is 1.72. The highest BCUT2D eigenvalue weighted by molar-refractivity contribution is 6.31. The molecule has 1 aromatic rings. The van der Waals surface area contributed by atoms with Gasteiger partial charge in [0.05, 0.1) is 0 Å². The summed E-state index contributed by atoms with van der Waals surface area (Å²) >= 11 is 6.08. The van der Waals surface area contributed by atoms with E-state index >= 15 is 0 Å². The number of hydrogen-bond acceptors (Lipinski definition) is 2. The normalized spacial score (nSPS) is 18.5. The lowest BCUT2D eigenvalue weighted by Crippen LogP contribution is -2.46. The van der Waals surface area contributed by atoms with Crippen molar-refractivity contribution in [2.24, 2.45) is 0 Å².